The zero-order chi connectivity index (χ0) is 9.19. The number of amidine groups is 1. The lowest BCUT2D eigenvalue weighted by Crippen LogP contribution is -2.27. The van der Waals surface area contributed by atoms with Crippen molar-refractivity contribution >= 4 is 15.7 Å². The number of nitrogens with two attached hydrogens (primary N) is 1. The molecule has 0 spiro atoms. The van der Waals surface area contributed by atoms with E-state index in [9.17, 15) is 8.42 Å². The SMILES string of the molecule is CC(N)=NC1CCS(=O)(=O)CC1. The fraction of sp³-hybridized carbons (Fsp3) is 0.857. The molecule has 0 atom stereocenters. The summed E-state index contributed by atoms with van der Waals surface area (Å²) in [6, 6.07) is 0.124. The fourth-order valence-corrected chi connectivity index (χ4v) is 2.76. The molecule has 4 nitrogen and oxygen atoms in total. The molecule has 0 aromatic carbocycles. The minimum Gasteiger partial charge on any atom is -0.388 e. The summed E-state index contributed by atoms with van der Waals surface area (Å²) < 4.78 is 22.0. The molecule has 0 radical (unpaired) electrons. The smallest absolute Gasteiger partial charge is 0.150 e. The molecule has 0 saturated carbocycles. The predicted octanol–water partition coefficient (Wildman–Crippen LogP) is -0.0593. The summed E-state index contributed by atoms with van der Waals surface area (Å²) in [5.41, 5.74) is 5.39. The average molecular weight is 190 g/mol. The van der Waals surface area contributed by atoms with Gasteiger partial charge in [0.15, 0.2) is 0 Å². The Morgan fingerprint density at radius 3 is 2.33 bits per heavy atom. The molecule has 0 aromatic heterocycles. The monoisotopic (exact) mass is 190 g/mol. The Hall–Kier alpha value is -0.580. The molecule has 0 bridgehead atoms. The first-order chi connectivity index (χ1) is 5.49. The molecular formula is C7H14N2O2S. The summed E-state index contributed by atoms with van der Waals surface area (Å²) in [5, 5.41) is 0. The summed E-state index contributed by atoms with van der Waals surface area (Å²) in [6.45, 7) is 1.73. The van der Waals surface area contributed by atoms with Crippen molar-refractivity contribution in [3.05, 3.63) is 0 Å². The van der Waals surface area contributed by atoms with Crippen molar-refractivity contribution in [3.63, 3.8) is 0 Å². The van der Waals surface area contributed by atoms with Crippen LogP contribution in [0.4, 0.5) is 0 Å². The minimum atomic E-state index is -2.76. The Balaban J connectivity index is 2.53. The Morgan fingerprint density at radius 2 is 1.92 bits per heavy atom. The maximum atomic E-state index is 11.0. The van der Waals surface area contributed by atoms with Gasteiger partial charge in [0.25, 0.3) is 0 Å². The first kappa shape index (κ1) is 9.51. The van der Waals surface area contributed by atoms with Gasteiger partial charge in [-0.05, 0) is 19.8 Å². The van der Waals surface area contributed by atoms with Gasteiger partial charge in [0.2, 0.25) is 0 Å². The van der Waals surface area contributed by atoms with Gasteiger partial charge in [0.05, 0.1) is 23.4 Å². The van der Waals surface area contributed by atoms with Crippen molar-refractivity contribution < 1.29 is 8.42 Å². The maximum absolute atomic E-state index is 11.0. The van der Waals surface area contributed by atoms with Crippen molar-refractivity contribution in [1.29, 1.82) is 0 Å². The molecule has 1 fully saturated rings. The van der Waals surface area contributed by atoms with Gasteiger partial charge in [0.1, 0.15) is 9.84 Å². The van der Waals surface area contributed by atoms with E-state index in [1.54, 1.807) is 6.92 Å². The number of hydrogen-bond donors (Lipinski definition) is 1. The largest absolute Gasteiger partial charge is 0.388 e. The molecule has 1 aliphatic heterocycles. The zero-order valence-corrected chi connectivity index (χ0v) is 7.97. The van der Waals surface area contributed by atoms with E-state index in [-0.39, 0.29) is 17.5 Å². The molecule has 70 valence electrons. The lowest BCUT2D eigenvalue weighted by Gasteiger charge is -2.18. The number of rotatable bonds is 1. The van der Waals surface area contributed by atoms with E-state index < -0.39 is 9.84 Å². The second-order valence-electron chi connectivity index (χ2n) is 3.15. The molecule has 0 amide bonds. The van der Waals surface area contributed by atoms with E-state index in [0.29, 0.717) is 18.7 Å². The first-order valence-electron chi connectivity index (χ1n) is 4.00. The summed E-state index contributed by atoms with van der Waals surface area (Å²) in [6.07, 6.45) is 1.24. The van der Waals surface area contributed by atoms with E-state index in [0.717, 1.165) is 0 Å². The van der Waals surface area contributed by atoms with Crippen molar-refractivity contribution in [3.8, 4) is 0 Å². The van der Waals surface area contributed by atoms with Crippen LogP contribution in [0.15, 0.2) is 4.99 Å². The van der Waals surface area contributed by atoms with Crippen LogP contribution >= 0.6 is 0 Å². The molecule has 0 unspecified atom stereocenters. The van der Waals surface area contributed by atoms with E-state index in [4.69, 9.17) is 5.73 Å². The van der Waals surface area contributed by atoms with Crippen LogP contribution in [0.2, 0.25) is 0 Å². The lowest BCUT2D eigenvalue weighted by atomic mass is 10.2. The molecule has 1 rings (SSSR count). The summed E-state index contributed by atoms with van der Waals surface area (Å²) in [7, 11) is -2.76. The van der Waals surface area contributed by atoms with Crippen molar-refractivity contribution in [2.75, 3.05) is 11.5 Å². The normalized spacial score (nSPS) is 25.6. The predicted molar refractivity (Wildman–Crippen MR) is 49.0 cm³/mol. The summed E-state index contributed by atoms with van der Waals surface area (Å²) >= 11 is 0. The van der Waals surface area contributed by atoms with E-state index in [1.807, 2.05) is 0 Å². The second-order valence-corrected chi connectivity index (χ2v) is 5.46. The molecule has 2 N–H and O–H groups in total. The molecule has 1 heterocycles. The molecule has 1 aliphatic rings. The number of hydrogen-bond acceptors (Lipinski definition) is 3. The van der Waals surface area contributed by atoms with Gasteiger partial charge in [-0.25, -0.2) is 8.42 Å². The Labute approximate surface area is 72.8 Å². The number of aliphatic imine (C=N–C) groups is 1. The minimum absolute atomic E-state index is 0.124. The van der Waals surface area contributed by atoms with Gasteiger partial charge in [-0.3, -0.25) is 4.99 Å². The maximum Gasteiger partial charge on any atom is 0.150 e. The van der Waals surface area contributed by atoms with Gasteiger partial charge >= 0.3 is 0 Å². The lowest BCUT2D eigenvalue weighted by molar-refractivity contribution is 0.547. The standard InChI is InChI=1S/C7H14N2O2S/c1-6(8)9-7-2-4-12(10,11)5-3-7/h7H,2-5H2,1H3,(H2,8,9). The third-order valence-corrected chi connectivity index (χ3v) is 3.63. The first-order valence-corrected chi connectivity index (χ1v) is 5.82. The Kier molecular flexibility index (Phi) is 2.72. The third-order valence-electron chi connectivity index (χ3n) is 1.91. The molecule has 5 heteroatoms. The third kappa shape index (κ3) is 2.81. The highest BCUT2D eigenvalue weighted by molar-refractivity contribution is 7.91. The second kappa shape index (κ2) is 3.43. The zero-order valence-electron chi connectivity index (χ0n) is 7.16. The van der Waals surface area contributed by atoms with Crippen LogP contribution in [0.1, 0.15) is 19.8 Å². The molecule has 0 aromatic rings. The quantitative estimate of drug-likeness (QED) is 0.465. The van der Waals surface area contributed by atoms with Crippen LogP contribution in [0.5, 0.6) is 0 Å². The molecular weight excluding hydrogens is 176 g/mol. The van der Waals surface area contributed by atoms with Gasteiger partial charge in [-0.2, -0.15) is 0 Å². The molecule has 0 aliphatic carbocycles. The molecule has 1 saturated heterocycles. The summed E-state index contributed by atoms with van der Waals surface area (Å²) in [5.74, 6) is 1.06. The van der Waals surface area contributed by atoms with Gasteiger partial charge in [0, 0.05) is 0 Å². The van der Waals surface area contributed by atoms with Crippen LogP contribution in [0.25, 0.3) is 0 Å². The van der Waals surface area contributed by atoms with E-state index in [1.165, 1.54) is 0 Å². The molecule has 12 heavy (non-hydrogen) atoms. The topological polar surface area (TPSA) is 72.5 Å². The van der Waals surface area contributed by atoms with Crippen LogP contribution in [-0.4, -0.2) is 31.8 Å². The van der Waals surface area contributed by atoms with Crippen molar-refractivity contribution in [2.24, 2.45) is 10.7 Å². The van der Waals surface area contributed by atoms with Crippen LogP contribution in [0.3, 0.4) is 0 Å². The van der Waals surface area contributed by atoms with Crippen molar-refractivity contribution in [2.45, 2.75) is 25.8 Å². The van der Waals surface area contributed by atoms with E-state index in [2.05, 4.69) is 4.99 Å². The van der Waals surface area contributed by atoms with Gasteiger partial charge < -0.3 is 5.73 Å². The number of sulfone groups is 1. The highest BCUT2D eigenvalue weighted by Gasteiger charge is 2.22. The van der Waals surface area contributed by atoms with Crippen LogP contribution < -0.4 is 5.73 Å². The van der Waals surface area contributed by atoms with Gasteiger partial charge in [-0.15, -0.1) is 0 Å². The van der Waals surface area contributed by atoms with E-state index >= 15 is 0 Å². The Bertz CT molecular complexity index is 264. The fourth-order valence-electron chi connectivity index (χ4n) is 1.29. The average Bonchev–Trinajstić information content (AvgIpc) is 1.93. The Morgan fingerprint density at radius 1 is 1.42 bits per heavy atom. The van der Waals surface area contributed by atoms with Crippen molar-refractivity contribution in [1.82, 2.24) is 0 Å². The highest BCUT2D eigenvalue weighted by atomic mass is 32.2. The van der Waals surface area contributed by atoms with Gasteiger partial charge in [-0.1, -0.05) is 0 Å². The number of nitrogens with zero attached hydrogens (tertiary/aromatic N) is 1. The summed E-state index contributed by atoms with van der Waals surface area (Å²) in [4.78, 5) is 4.13. The van der Waals surface area contributed by atoms with Crippen LogP contribution in [0, 0.1) is 0 Å². The highest BCUT2D eigenvalue weighted by Crippen LogP contribution is 2.14. The van der Waals surface area contributed by atoms with Crippen LogP contribution in [-0.2, 0) is 9.84 Å².